The third-order valence-corrected chi connectivity index (χ3v) is 7.59. The number of imidazole rings is 1. The van der Waals surface area contributed by atoms with Crippen molar-refractivity contribution in [3.63, 3.8) is 0 Å². The van der Waals surface area contributed by atoms with Crippen LogP contribution in [0.25, 0.3) is 33.3 Å². The fourth-order valence-electron chi connectivity index (χ4n) is 4.25. The molecule has 0 atom stereocenters. The van der Waals surface area contributed by atoms with E-state index in [0.717, 1.165) is 34.5 Å². The van der Waals surface area contributed by atoms with Gasteiger partial charge in [0.05, 0.1) is 22.5 Å². The van der Waals surface area contributed by atoms with Crippen molar-refractivity contribution in [2.75, 3.05) is 24.6 Å². The highest BCUT2D eigenvalue weighted by atomic mass is 32.2. The summed E-state index contributed by atoms with van der Waals surface area (Å²) in [5, 5.41) is 0. The van der Waals surface area contributed by atoms with Gasteiger partial charge in [0.25, 0.3) is 0 Å². The van der Waals surface area contributed by atoms with Crippen LogP contribution in [0.4, 0.5) is 0 Å². The second-order valence-electron chi connectivity index (χ2n) is 8.22. The molecule has 1 aliphatic rings. The zero-order chi connectivity index (χ0) is 21.4. The third-order valence-electron chi connectivity index (χ3n) is 5.98. The van der Waals surface area contributed by atoms with Crippen molar-refractivity contribution in [3.05, 3.63) is 78.1 Å². The molecule has 4 aromatic rings. The Morgan fingerprint density at radius 1 is 0.903 bits per heavy atom. The van der Waals surface area contributed by atoms with Crippen molar-refractivity contribution in [2.24, 2.45) is 0 Å². The fraction of sp³-hybridized carbons (Fsp3) is 0.240. The molecule has 1 aliphatic heterocycles. The van der Waals surface area contributed by atoms with Gasteiger partial charge in [0.15, 0.2) is 9.84 Å². The number of benzene rings is 3. The zero-order valence-electron chi connectivity index (χ0n) is 17.5. The number of hydrogen-bond donors (Lipinski definition) is 1. The lowest BCUT2D eigenvalue weighted by atomic mass is 9.96. The summed E-state index contributed by atoms with van der Waals surface area (Å²) in [6.07, 6.45) is 0. The molecule has 3 aromatic carbocycles. The first kappa shape index (κ1) is 20.0. The van der Waals surface area contributed by atoms with Crippen LogP contribution in [0.1, 0.15) is 11.4 Å². The highest BCUT2D eigenvalue weighted by molar-refractivity contribution is 7.91. The van der Waals surface area contributed by atoms with E-state index < -0.39 is 9.84 Å². The van der Waals surface area contributed by atoms with Gasteiger partial charge in [0.1, 0.15) is 5.82 Å². The van der Waals surface area contributed by atoms with Gasteiger partial charge in [-0.15, -0.1) is 0 Å². The van der Waals surface area contributed by atoms with Crippen LogP contribution >= 0.6 is 0 Å². The van der Waals surface area contributed by atoms with Crippen molar-refractivity contribution in [1.29, 1.82) is 0 Å². The molecule has 0 unspecified atom stereocenters. The number of aromatic nitrogens is 2. The molecule has 1 saturated heterocycles. The van der Waals surface area contributed by atoms with E-state index in [1.165, 1.54) is 16.7 Å². The molecule has 1 aromatic heterocycles. The van der Waals surface area contributed by atoms with Crippen molar-refractivity contribution >= 4 is 20.9 Å². The van der Waals surface area contributed by atoms with Crippen LogP contribution < -0.4 is 0 Å². The van der Waals surface area contributed by atoms with Gasteiger partial charge in [-0.2, -0.15) is 0 Å². The topological polar surface area (TPSA) is 66.1 Å². The maximum atomic E-state index is 11.7. The highest BCUT2D eigenvalue weighted by Gasteiger charge is 2.22. The van der Waals surface area contributed by atoms with Gasteiger partial charge in [-0.1, -0.05) is 54.6 Å². The minimum Gasteiger partial charge on any atom is -0.342 e. The quantitative estimate of drug-likeness (QED) is 0.519. The van der Waals surface area contributed by atoms with Crippen LogP contribution in [0.2, 0.25) is 0 Å². The summed E-state index contributed by atoms with van der Waals surface area (Å²) in [7, 11) is -2.86. The molecule has 0 aliphatic carbocycles. The normalized spacial score (nSPS) is 16.5. The Labute approximate surface area is 182 Å². The number of nitrogens with zero attached hydrogens (tertiary/aromatic N) is 2. The number of aromatic amines is 1. The Kier molecular flexibility index (Phi) is 5.12. The summed E-state index contributed by atoms with van der Waals surface area (Å²) < 4.78 is 23.5. The molecule has 1 N–H and O–H groups in total. The van der Waals surface area contributed by atoms with E-state index in [0.29, 0.717) is 13.1 Å². The van der Waals surface area contributed by atoms with Crippen LogP contribution in [0.5, 0.6) is 0 Å². The minimum atomic E-state index is -2.86. The molecule has 0 spiro atoms. The van der Waals surface area contributed by atoms with E-state index in [1.807, 2.05) is 6.92 Å². The number of fused-ring (bicyclic) bond motifs is 1. The summed E-state index contributed by atoms with van der Waals surface area (Å²) >= 11 is 0. The molecular weight excluding hydrogens is 406 g/mol. The van der Waals surface area contributed by atoms with E-state index in [-0.39, 0.29) is 11.5 Å². The lowest BCUT2D eigenvalue weighted by Gasteiger charge is -2.27. The van der Waals surface area contributed by atoms with E-state index in [1.54, 1.807) is 0 Å². The van der Waals surface area contributed by atoms with Gasteiger partial charge in [-0.05, 0) is 46.9 Å². The van der Waals surface area contributed by atoms with Crippen molar-refractivity contribution in [3.8, 4) is 22.3 Å². The second-order valence-corrected chi connectivity index (χ2v) is 10.5. The molecule has 5 rings (SSSR count). The Morgan fingerprint density at radius 2 is 1.58 bits per heavy atom. The number of hydrogen-bond acceptors (Lipinski definition) is 4. The molecule has 5 nitrogen and oxygen atoms in total. The number of H-pyrrole nitrogens is 1. The van der Waals surface area contributed by atoms with E-state index in [9.17, 15) is 8.42 Å². The maximum Gasteiger partial charge on any atom is 0.152 e. The van der Waals surface area contributed by atoms with E-state index in [4.69, 9.17) is 0 Å². The predicted octanol–water partition coefficient (Wildman–Crippen LogP) is 4.44. The summed E-state index contributed by atoms with van der Waals surface area (Å²) in [6, 6.07) is 23.3. The van der Waals surface area contributed by atoms with Crippen LogP contribution in [0, 0.1) is 6.92 Å². The van der Waals surface area contributed by atoms with Crippen molar-refractivity contribution < 1.29 is 8.42 Å². The summed E-state index contributed by atoms with van der Waals surface area (Å²) in [5.74, 6) is 1.43. The Hall–Kier alpha value is -2.96. The lowest BCUT2D eigenvalue weighted by Crippen LogP contribution is -2.39. The molecule has 1 fully saturated rings. The Balaban J connectivity index is 1.39. The molecule has 0 radical (unpaired) electrons. The number of sulfone groups is 1. The average Bonchev–Trinajstić information content (AvgIpc) is 3.15. The summed E-state index contributed by atoms with van der Waals surface area (Å²) in [4.78, 5) is 10.0. The van der Waals surface area contributed by atoms with Crippen molar-refractivity contribution in [2.45, 2.75) is 13.5 Å². The Morgan fingerprint density at radius 3 is 2.35 bits per heavy atom. The van der Waals surface area contributed by atoms with Crippen LogP contribution in [-0.4, -0.2) is 47.9 Å². The maximum absolute atomic E-state index is 11.7. The first-order valence-electron chi connectivity index (χ1n) is 10.5. The third kappa shape index (κ3) is 4.27. The standard InChI is InChI=1S/C25H25N3O2S/c1-18-26-24-11-10-21(16-25(24)27-18)19-6-8-20(9-7-19)23-5-3-2-4-22(23)17-28-12-14-31(29,30)15-13-28/h2-11,16H,12-15,17H2,1H3,(H,26,27). The molecule has 2 heterocycles. The number of aryl methyl sites for hydroxylation is 1. The molecule has 0 saturated carbocycles. The van der Waals surface area contributed by atoms with Gasteiger partial charge in [0.2, 0.25) is 0 Å². The van der Waals surface area contributed by atoms with Crippen LogP contribution in [0.3, 0.4) is 0 Å². The summed E-state index contributed by atoms with van der Waals surface area (Å²) in [5.41, 5.74) is 7.95. The van der Waals surface area contributed by atoms with Gasteiger partial charge < -0.3 is 4.98 Å². The van der Waals surface area contributed by atoms with Gasteiger partial charge in [-0.3, -0.25) is 4.90 Å². The minimum absolute atomic E-state index is 0.254. The smallest absolute Gasteiger partial charge is 0.152 e. The highest BCUT2D eigenvalue weighted by Crippen LogP contribution is 2.29. The predicted molar refractivity (Wildman–Crippen MR) is 126 cm³/mol. The van der Waals surface area contributed by atoms with E-state index >= 15 is 0 Å². The van der Waals surface area contributed by atoms with Crippen molar-refractivity contribution in [1.82, 2.24) is 14.9 Å². The first-order valence-corrected chi connectivity index (χ1v) is 12.4. The monoisotopic (exact) mass is 431 g/mol. The molecule has 6 heteroatoms. The van der Waals surface area contributed by atoms with Crippen LogP contribution in [-0.2, 0) is 16.4 Å². The second kappa shape index (κ2) is 7.94. The van der Waals surface area contributed by atoms with Gasteiger partial charge in [-0.25, -0.2) is 13.4 Å². The number of rotatable bonds is 4. The molecule has 0 bridgehead atoms. The molecule has 158 valence electrons. The Bertz CT molecular complexity index is 1330. The largest absolute Gasteiger partial charge is 0.342 e. The molecule has 31 heavy (non-hydrogen) atoms. The van der Waals surface area contributed by atoms with Gasteiger partial charge >= 0.3 is 0 Å². The number of nitrogens with one attached hydrogen (secondary N) is 1. The molecular formula is C25H25N3O2S. The summed E-state index contributed by atoms with van der Waals surface area (Å²) in [6.45, 7) is 3.94. The first-order chi connectivity index (χ1) is 15.0. The average molecular weight is 432 g/mol. The zero-order valence-corrected chi connectivity index (χ0v) is 18.3. The van der Waals surface area contributed by atoms with Gasteiger partial charge in [0, 0.05) is 19.6 Å². The van der Waals surface area contributed by atoms with Crippen LogP contribution in [0.15, 0.2) is 66.7 Å². The molecule has 0 amide bonds. The lowest BCUT2D eigenvalue weighted by molar-refractivity contribution is 0.288. The van der Waals surface area contributed by atoms with E-state index in [2.05, 4.69) is 81.6 Å². The SMILES string of the molecule is Cc1nc2ccc(-c3ccc(-c4ccccc4CN4CCS(=O)(=O)CC4)cc3)cc2[nH]1. The fourth-order valence-corrected chi connectivity index (χ4v) is 5.52.